The van der Waals surface area contributed by atoms with Crippen molar-refractivity contribution in [3.63, 3.8) is 0 Å². The molecule has 0 radical (unpaired) electrons. The van der Waals surface area contributed by atoms with Gasteiger partial charge in [-0.15, -0.1) is 0 Å². The van der Waals surface area contributed by atoms with Gasteiger partial charge in [0.1, 0.15) is 5.75 Å². The average Bonchev–Trinajstić information content (AvgIpc) is 3.73. The molecule has 3 fully saturated rings. The van der Waals surface area contributed by atoms with Crippen molar-refractivity contribution >= 4 is 17.5 Å². The fourth-order valence-corrected chi connectivity index (χ4v) is 6.29. The zero-order valence-electron chi connectivity index (χ0n) is 22.0. The third-order valence-electron chi connectivity index (χ3n) is 8.63. The van der Waals surface area contributed by atoms with Crippen LogP contribution in [0.1, 0.15) is 48.0 Å². The number of piperidine rings is 1. The molecule has 2 amide bonds. The highest BCUT2D eigenvalue weighted by Gasteiger charge is 2.49. The van der Waals surface area contributed by atoms with Crippen LogP contribution in [0.4, 0.5) is 5.69 Å². The number of carbonyl (C=O) groups is 2. The summed E-state index contributed by atoms with van der Waals surface area (Å²) in [7, 11) is 1.64. The van der Waals surface area contributed by atoms with Gasteiger partial charge in [0.05, 0.1) is 18.7 Å². The number of carbonyl (C=O) groups excluding carboxylic acids is 2. The molecule has 6 rings (SSSR count). The first kappa shape index (κ1) is 24.7. The van der Waals surface area contributed by atoms with Gasteiger partial charge in [-0.05, 0) is 75.0 Å². The Morgan fingerprint density at radius 2 is 1.74 bits per heavy atom. The SMILES string of the molecule is COc1cc(N2CCC3(CCN(C(=O)c4ccc(CN5CCCC5)cc4)CC3)C2=O)ccc1-c1cn[nH]c1. The van der Waals surface area contributed by atoms with Crippen molar-refractivity contribution in [2.24, 2.45) is 5.41 Å². The summed E-state index contributed by atoms with van der Waals surface area (Å²) >= 11 is 0. The zero-order valence-corrected chi connectivity index (χ0v) is 22.0. The molecule has 3 aliphatic rings. The van der Waals surface area contributed by atoms with Gasteiger partial charge in [0, 0.05) is 60.8 Å². The quantitative estimate of drug-likeness (QED) is 0.530. The molecule has 1 N–H and O–H groups in total. The Balaban J connectivity index is 1.09. The number of nitrogens with one attached hydrogen (secondary N) is 1. The van der Waals surface area contributed by atoms with E-state index < -0.39 is 5.41 Å². The summed E-state index contributed by atoms with van der Waals surface area (Å²) in [5.74, 6) is 0.938. The molecule has 8 nitrogen and oxygen atoms in total. The third kappa shape index (κ3) is 4.58. The van der Waals surface area contributed by atoms with Crippen LogP contribution >= 0.6 is 0 Å². The van der Waals surface area contributed by atoms with Crippen LogP contribution in [0.2, 0.25) is 0 Å². The lowest BCUT2D eigenvalue weighted by molar-refractivity contribution is -0.127. The number of nitrogens with zero attached hydrogens (tertiary/aromatic N) is 4. The van der Waals surface area contributed by atoms with Gasteiger partial charge in [-0.1, -0.05) is 12.1 Å². The highest BCUT2D eigenvalue weighted by molar-refractivity contribution is 6.01. The summed E-state index contributed by atoms with van der Waals surface area (Å²) in [6.45, 7) is 5.18. The van der Waals surface area contributed by atoms with E-state index in [9.17, 15) is 9.59 Å². The van der Waals surface area contributed by atoms with E-state index in [2.05, 4.69) is 27.2 Å². The second-order valence-electron chi connectivity index (χ2n) is 10.8. The number of methoxy groups -OCH3 is 1. The molecule has 3 aromatic rings. The Morgan fingerprint density at radius 3 is 2.42 bits per heavy atom. The van der Waals surface area contributed by atoms with Gasteiger partial charge in [0.25, 0.3) is 5.91 Å². The highest BCUT2D eigenvalue weighted by Crippen LogP contribution is 2.44. The second kappa shape index (κ2) is 10.3. The standard InChI is InChI=1S/C30H35N5O3/c1-38-27-18-25(8-9-26(27)24-19-31-32-20-24)35-17-12-30(29(35)37)10-15-34(16-11-30)28(36)23-6-4-22(5-7-23)21-33-13-2-3-14-33/h4-9,18-20H,2-3,10-17,21H2,1H3,(H,31,32). The predicted octanol–water partition coefficient (Wildman–Crippen LogP) is 4.34. The van der Waals surface area contributed by atoms with E-state index in [4.69, 9.17) is 4.74 Å². The van der Waals surface area contributed by atoms with Crippen molar-refractivity contribution in [1.29, 1.82) is 0 Å². The minimum atomic E-state index is -0.396. The summed E-state index contributed by atoms with van der Waals surface area (Å²) in [5, 5.41) is 6.86. The number of hydrogen-bond donors (Lipinski definition) is 1. The third-order valence-corrected chi connectivity index (χ3v) is 8.63. The Hall–Kier alpha value is -3.65. The summed E-state index contributed by atoms with van der Waals surface area (Å²) in [4.78, 5) is 33.2. The average molecular weight is 514 g/mol. The molecular weight excluding hydrogens is 478 g/mol. The van der Waals surface area contributed by atoms with E-state index in [1.807, 2.05) is 46.3 Å². The zero-order chi connectivity index (χ0) is 26.1. The van der Waals surface area contributed by atoms with Crippen LogP contribution in [-0.2, 0) is 11.3 Å². The molecular formula is C30H35N5O3. The van der Waals surface area contributed by atoms with Crippen LogP contribution in [0.5, 0.6) is 5.75 Å². The van der Waals surface area contributed by atoms with Gasteiger partial charge in [0.15, 0.2) is 0 Å². The largest absolute Gasteiger partial charge is 0.496 e. The molecule has 2 aromatic carbocycles. The Bertz CT molecular complexity index is 1290. The molecule has 0 atom stereocenters. The monoisotopic (exact) mass is 513 g/mol. The summed E-state index contributed by atoms with van der Waals surface area (Å²) in [6.07, 6.45) is 8.35. The Morgan fingerprint density at radius 1 is 1.00 bits per heavy atom. The number of ether oxygens (including phenoxy) is 1. The maximum atomic E-state index is 13.7. The lowest BCUT2D eigenvalue weighted by Crippen LogP contribution is -2.46. The summed E-state index contributed by atoms with van der Waals surface area (Å²) in [5.41, 5.74) is 4.32. The van der Waals surface area contributed by atoms with E-state index in [1.54, 1.807) is 13.3 Å². The first-order chi connectivity index (χ1) is 18.6. The molecule has 8 heteroatoms. The molecule has 38 heavy (non-hydrogen) atoms. The molecule has 4 heterocycles. The normalized spacial score (nSPS) is 19.4. The maximum Gasteiger partial charge on any atom is 0.253 e. The fraction of sp³-hybridized carbons (Fsp3) is 0.433. The van der Waals surface area contributed by atoms with Crippen LogP contribution in [0.3, 0.4) is 0 Å². The van der Waals surface area contributed by atoms with Crippen molar-refractivity contribution in [2.45, 2.75) is 38.6 Å². The molecule has 0 unspecified atom stereocenters. The smallest absolute Gasteiger partial charge is 0.253 e. The number of hydrogen-bond acceptors (Lipinski definition) is 5. The lowest BCUT2D eigenvalue weighted by Gasteiger charge is -2.38. The number of benzene rings is 2. The molecule has 3 saturated heterocycles. The number of H-pyrrole nitrogens is 1. The fourth-order valence-electron chi connectivity index (χ4n) is 6.29. The van der Waals surface area contributed by atoms with Gasteiger partial charge in [-0.25, -0.2) is 0 Å². The van der Waals surface area contributed by atoms with Crippen molar-refractivity contribution in [3.05, 3.63) is 66.0 Å². The van der Waals surface area contributed by atoms with Gasteiger partial charge in [-0.3, -0.25) is 19.6 Å². The first-order valence-corrected chi connectivity index (χ1v) is 13.7. The van der Waals surface area contributed by atoms with Crippen molar-refractivity contribution in [2.75, 3.05) is 44.7 Å². The van der Waals surface area contributed by atoms with E-state index >= 15 is 0 Å². The molecule has 3 aliphatic heterocycles. The first-order valence-electron chi connectivity index (χ1n) is 13.7. The van der Waals surface area contributed by atoms with Gasteiger partial charge >= 0.3 is 0 Å². The molecule has 1 aromatic heterocycles. The van der Waals surface area contributed by atoms with Crippen LogP contribution < -0.4 is 9.64 Å². The highest BCUT2D eigenvalue weighted by atomic mass is 16.5. The van der Waals surface area contributed by atoms with E-state index in [0.717, 1.165) is 48.4 Å². The number of likely N-dealkylation sites (tertiary alicyclic amines) is 2. The minimum absolute atomic E-state index is 0.0643. The second-order valence-corrected chi connectivity index (χ2v) is 10.8. The van der Waals surface area contributed by atoms with Crippen LogP contribution in [0.15, 0.2) is 54.9 Å². The number of amides is 2. The molecule has 1 spiro atoms. The number of aromatic nitrogens is 2. The molecule has 0 saturated carbocycles. The number of anilines is 1. The van der Waals surface area contributed by atoms with Crippen molar-refractivity contribution in [3.8, 4) is 16.9 Å². The van der Waals surface area contributed by atoms with Crippen LogP contribution in [-0.4, -0.2) is 71.6 Å². The van der Waals surface area contributed by atoms with Crippen LogP contribution in [0, 0.1) is 5.41 Å². The van der Waals surface area contributed by atoms with E-state index in [0.29, 0.717) is 38.2 Å². The Kier molecular flexibility index (Phi) is 6.66. The predicted molar refractivity (Wildman–Crippen MR) is 146 cm³/mol. The maximum absolute atomic E-state index is 13.7. The molecule has 198 valence electrons. The van der Waals surface area contributed by atoms with Crippen molar-refractivity contribution in [1.82, 2.24) is 20.0 Å². The van der Waals surface area contributed by atoms with Crippen LogP contribution in [0.25, 0.3) is 11.1 Å². The topological polar surface area (TPSA) is 81.8 Å². The molecule has 0 bridgehead atoms. The lowest BCUT2D eigenvalue weighted by atomic mass is 9.77. The van der Waals surface area contributed by atoms with Crippen molar-refractivity contribution < 1.29 is 14.3 Å². The van der Waals surface area contributed by atoms with Gasteiger partial charge in [-0.2, -0.15) is 5.10 Å². The van der Waals surface area contributed by atoms with Gasteiger partial charge in [0.2, 0.25) is 5.91 Å². The Labute approximate surface area is 223 Å². The summed E-state index contributed by atoms with van der Waals surface area (Å²) in [6, 6.07) is 14.0. The van der Waals surface area contributed by atoms with E-state index in [-0.39, 0.29) is 11.8 Å². The van der Waals surface area contributed by atoms with E-state index in [1.165, 1.54) is 18.4 Å². The number of rotatable bonds is 6. The number of aromatic amines is 1. The minimum Gasteiger partial charge on any atom is -0.496 e. The summed E-state index contributed by atoms with van der Waals surface area (Å²) < 4.78 is 5.64. The molecule has 0 aliphatic carbocycles. The van der Waals surface area contributed by atoms with Gasteiger partial charge < -0.3 is 14.5 Å².